The number of nitrogens with one attached hydrogen (secondary N) is 1. The Labute approximate surface area is 190 Å². The van der Waals surface area contributed by atoms with Gasteiger partial charge in [-0.25, -0.2) is 9.97 Å². The van der Waals surface area contributed by atoms with E-state index in [1.54, 1.807) is 11.6 Å². The van der Waals surface area contributed by atoms with Crippen molar-refractivity contribution in [2.75, 3.05) is 4.72 Å². The van der Waals surface area contributed by atoms with E-state index in [2.05, 4.69) is 21.5 Å². The van der Waals surface area contributed by atoms with Crippen LogP contribution in [0.2, 0.25) is 5.02 Å². The minimum atomic E-state index is -5.53. The molecule has 0 spiro atoms. The fourth-order valence-electron chi connectivity index (χ4n) is 3.22. The first kappa shape index (κ1) is 22.6. The van der Waals surface area contributed by atoms with E-state index >= 15 is 0 Å². The van der Waals surface area contributed by atoms with Gasteiger partial charge < -0.3 is 4.57 Å². The van der Waals surface area contributed by atoms with Crippen LogP contribution >= 0.6 is 22.9 Å². The summed E-state index contributed by atoms with van der Waals surface area (Å²) in [6, 6.07) is 7.61. The highest BCUT2D eigenvalue weighted by atomic mass is 35.5. The lowest BCUT2D eigenvalue weighted by molar-refractivity contribution is -0.0429. The molecule has 4 aromatic rings. The molecule has 0 aliphatic heterocycles. The summed E-state index contributed by atoms with van der Waals surface area (Å²) < 4.78 is 63.9. The first-order valence-corrected chi connectivity index (χ1v) is 12.1. The van der Waals surface area contributed by atoms with Gasteiger partial charge in [-0.2, -0.15) is 21.6 Å². The largest absolute Gasteiger partial charge is 0.516 e. The zero-order valence-electron chi connectivity index (χ0n) is 16.5. The number of anilines is 1. The Morgan fingerprint density at radius 1 is 1.19 bits per heavy atom. The van der Waals surface area contributed by atoms with Crippen molar-refractivity contribution in [2.24, 2.45) is 0 Å². The van der Waals surface area contributed by atoms with Gasteiger partial charge in [0.1, 0.15) is 10.7 Å². The Morgan fingerprint density at radius 2 is 1.97 bits per heavy atom. The van der Waals surface area contributed by atoms with Crippen molar-refractivity contribution >= 4 is 49.7 Å². The number of halogens is 4. The number of fused-ring (bicyclic) bond motifs is 1. The summed E-state index contributed by atoms with van der Waals surface area (Å²) in [7, 11) is -5.53. The predicted octanol–water partition coefficient (Wildman–Crippen LogP) is 6.15. The number of pyridine rings is 1. The molecule has 6 nitrogen and oxygen atoms in total. The number of alkyl halides is 3. The second-order valence-corrected chi connectivity index (χ2v) is 9.83. The number of thiazole rings is 1. The summed E-state index contributed by atoms with van der Waals surface area (Å²) in [4.78, 5) is 9.10. The van der Waals surface area contributed by atoms with Gasteiger partial charge in [0, 0.05) is 40.8 Å². The maximum Gasteiger partial charge on any atom is 0.516 e. The Morgan fingerprint density at radius 3 is 2.66 bits per heavy atom. The fraction of sp³-hybridized carbons (Fsp3) is 0.200. The third-order valence-electron chi connectivity index (χ3n) is 4.66. The molecule has 0 radical (unpaired) electrons. The van der Waals surface area contributed by atoms with E-state index in [-0.39, 0.29) is 10.7 Å². The van der Waals surface area contributed by atoms with Crippen LogP contribution < -0.4 is 4.72 Å². The van der Waals surface area contributed by atoms with Crippen LogP contribution in [0.25, 0.3) is 32.9 Å². The van der Waals surface area contributed by atoms with Crippen LogP contribution in [0.15, 0.2) is 48.1 Å². The van der Waals surface area contributed by atoms with Crippen LogP contribution in [0.3, 0.4) is 0 Å². The second-order valence-electron chi connectivity index (χ2n) is 6.89. The number of rotatable bonds is 6. The third-order valence-corrected chi connectivity index (χ3v) is 6.97. The van der Waals surface area contributed by atoms with Crippen LogP contribution in [-0.2, 0) is 16.6 Å². The van der Waals surface area contributed by atoms with Gasteiger partial charge in [0.15, 0.2) is 0 Å². The molecule has 1 aromatic carbocycles. The maximum atomic E-state index is 12.6. The number of hydrogen-bond acceptors (Lipinski definition) is 5. The van der Waals surface area contributed by atoms with Crippen LogP contribution in [0.1, 0.15) is 13.3 Å². The van der Waals surface area contributed by atoms with Gasteiger partial charge in [0.05, 0.1) is 16.4 Å². The summed E-state index contributed by atoms with van der Waals surface area (Å²) in [5.74, 6) is 0. The quantitative estimate of drug-likeness (QED) is 0.344. The summed E-state index contributed by atoms with van der Waals surface area (Å²) in [6.45, 7) is 2.94. The van der Waals surface area contributed by atoms with Crippen molar-refractivity contribution in [1.82, 2.24) is 14.5 Å². The lowest BCUT2D eigenvalue weighted by atomic mass is 10.1. The molecule has 0 atom stereocenters. The Balaban J connectivity index is 1.66. The minimum Gasteiger partial charge on any atom is -0.333 e. The summed E-state index contributed by atoms with van der Waals surface area (Å²) in [5.41, 5.74) is -2.95. The lowest BCUT2D eigenvalue weighted by Gasteiger charge is -2.11. The average molecular weight is 501 g/mol. The molecule has 4 rings (SSSR count). The topological polar surface area (TPSA) is 76.9 Å². The standard InChI is InChI=1S/C20H16ClF3N4O2S2/c1-2-8-28-9-6-13-14(5-7-25-18(13)28)19-26-17(11-31-19)15-4-3-12(10-16(15)21)27-32(29,30)20(22,23)24/h3-7,9-11,27H,2,8H2,1H3. The predicted molar refractivity (Wildman–Crippen MR) is 120 cm³/mol. The Bertz CT molecular complexity index is 1400. The molecule has 0 aliphatic rings. The van der Waals surface area contributed by atoms with Gasteiger partial charge in [0.2, 0.25) is 0 Å². The SMILES string of the molecule is CCCn1ccc2c(-c3nc(-c4ccc(NS(=O)(=O)C(F)(F)F)cc4Cl)cs3)ccnc21. The van der Waals surface area contributed by atoms with Crippen LogP contribution in [0, 0.1) is 0 Å². The Hall–Kier alpha value is -2.63. The number of aromatic nitrogens is 3. The number of benzene rings is 1. The van der Waals surface area contributed by atoms with Crippen molar-refractivity contribution in [1.29, 1.82) is 0 Å². The number of hydrogen-bond donors (Lipinski definition) is 1. The van der Waals surface area contributed by atoms with Crippen LogP contribution in [0.4, 0.5) is 18.9 Å². The molecule has 0 amide bonds. The third kappa shape index (κ3) is 4.19. The van der Waals surface area contributed by atoms with Gasteiger partial charge in [-0.1, -0.05) is 18.5 Å². The molecule has 12 heteroatoms. The summed E-state index contributed by atoms with van der Waals surface area (Å²) in [5, 5.41) is 3.55. The molecule has 1 N–H and O–H groups in total. The molecule has 3 aromatic heterocycles. The highest BCUT2D eigenvalue weighted by molar-refractivity contribution is 7.93. The molecule has 3 heterocycles. The number of sulfonamides is 1. The van der Waals surface area contributed by atoms with E-state index in [1.807, 2.05) is 18.3 Å². The van der Waals surface area contributed by atoms with Gasteiger partial charge in [-0.3, -0.25) is 4.72 Å². The molecule has 32 heavy (non-hydrogen) atoms. The molecule has 0 fully saturated rings. The molecular formula is C20H16ClF3N4O2S2. The molecule has 168 valence electrons. The molecule has 0 saturated heterocycles. The minimum absolute atomic E-state index is 0.0678. The van der Waals surface area contributed by atoms with Crippen molar-refractivity contribution in [3.8, 4) is 21.8 Å². The van der Waals surface area contributed by atoms with Crippen molar-refractivity contribution < 1.29 is 21.6 Å². The molecule has 0 saturated carbocycles. The molecule has 0 bridgehead atoms. The van der Waals surface area contributed by atoms with Gasteiger partial charge in [-0.15, -0.1) is 11.3 Å². The monoisotopic (exact) mass is 500 g/mol. The second kappa shape index (κ2) is 8.38. The van der Waals surface area contributed by atoms with Gasteiger partial charge in [-0.05, 0) is 36.8 Å². The van der Waals surface area contributed by atoms with Crippen molar-refractivity contribution in [3.63, 3.8) is 0 Å². The van der Waals surface area contributed by atoms with Crippen LogP contribution in [-0.4, -0.2) is 28.5 Å². The van der Waals surface area contributed by atoms with E-state index in [1.165, 1.54) is 28.2 Å². The van der Waals surface area contributed by atoms with E-state index in [4.69, 9.17) is 11.6 Å². The first-order valence-electron chi connectivity index (χ1n) is 9.39. The summed E-state index contributed by atoms with van der Waals surface area (Å²) in [6.07, 6.45) is 4.68. The number of aryl methyl sites for hydroxylation is 1. The lowest BCUT2D eigenvalue weighted by Crippen LogP contribution is -2.29. The number of nitrogens with zero attached hydrogens (tertiary/aromatic N) is 3. The summed E-state index contributed by atoms with van der Waals surface area (Å²) >= 11 is 7.62. The smallest absolute Gasteiger partial charge is 0.333 e. The average Bonchev–Trinajstić information content (AvgIpc) is 3.35. The van der Waals surface area contributed by atoms with Crippen LogP contribution in [0.5, 0.6) is 0 Å². The van der Waals surface area contributed by atoms with Gasteiger partial charge in [0.25, 0.3) is 0 Å². The van der Waals surface area contributed by atoms with Gasteiger partial charge >= 0.3 is 15.5 Å². The van der Waals surface area contributed by atoms with Crippen molar-refractivity contribution in [2.45, 2.75) is 25.4 Å². The van der Waals surface area contributed by atoms with E-state index < -0.39 is 15.5 Å². The zero-order valence-corrected chi connectivity index (χ0v) is 18.9. The van der Waals surface area contributed by atoms with Crippen molar-refractivity contribution in [3.05, 3.63) is 53.1 Å². The Kier molecular flexibility index (Phi) is 5.91. The molecule has 0 unspecified atom stereocenters. The maximum absolute atomic E-state index is 12.6. The fourth-order valence-corrected chi connectivity index (χ4v) is 4.91. The van der Waals surface area contributed by atoms with E-state index in [0.29, 0.717) is 11.3 Å². The van der Waals surface area contributed by atoms with E-state index in [9.17, 15) is 21.6 Å². The van der Waals surface area contributed by atoms with E-state index in [0.717, 1.165) is 40.6 Å². The normalized spacial score (nSPS) is 12.4. The highest BCUT2D eigenvalue weighted by Gasteiger charge is 2.46. The molecular weight excluding hydrogens is 485 g/mol. The molecule has 0 aliphatic carbocycles. The zero-order chi connectivity index (χ0) is 23.1. The highest BCUT2D eigenvalue weighted by Crippen LogP contribution is 2.37. The first-order chi connectivity index (χ1) is 15.1.